The van der Waals surface area contributed by atoms with Crippen molar-refractivity contribution in [2.75, 3.05) is 0 Å². The molecule has 2 heterocycles. The highest BCUT2D eigenvalue weighted by Crippen LogP contribution is 2.60. The van der Waals surface area contributed by atoms with Crippen molar-refractivity contribution in [3.8, 4) is 67.0 Å². The van der Waals surface area contributed by atoms with E-state index < -0.39 is 0 Å². The number of nitrogens with zero attached hydrogens (tertiary/aromatic N) is 2. The summed E-state index contributed by atoms with van der Waals surface area (Å²) in [4.78, 5) is 0. The molecule has 2 aliphatic carbocycles. The van der Waals surface area contributed by atoms with Gasteiger partial charge < -0.3 is 9.13 Å². The third-order valence-electron chi connectivity index (χ3n) is 19.7. The molecule has 0 bridgehead atoms. The molecule has 0 atom stereocenters. The van der Waals surface area contributed by atoms with Crippen LogP contribution in [0.1, 0.15) is 50.9 Å². The van der Waals surface area contributed by atoms with Crippen LogP contribution in [0.15, 0.2) is 315 Å². The number of aryl methyl sites for hydroxylation is 1. The molecule has 2 aliphatic rings. The average molecular weight is 1160 g/mol. The summed E-state index contributed by atoms with van der Waals surface area (Å²) in [5.41, 5.74) is 29.8. The van der Waals surface area contributed by atoms with Gasteiger partial charge >= 0.3 is 0 Å². The van der Waals surface area contributed by atoms with Crippen molar-refractivity contribution in [3.05, 3.63) is 360 Å². The highest BCUT2D eigenvalue weighted by molar-refractivity contribution is 6.12. The van der Waals surface area contributed by atoms with Gasteiger partial charge in [0, 0.05) is 38.3 Å². The average Bonchev–Trinajstić information content (AvgIpc) is 1.54. The van der Waals surface area contributed by atoms with Gasteiger partial charge in [-0.25, -0.2) is 0 Å². The maximum atomic E-state index is 2.52. The van der Waals surface area contributed by atoms with Gasteiger partial charge in [0.15, 0.2) is 0 Å². The molecular formula is C89H60N2. The fourth-order valence-electron chi connectivity index (χ4n) is 15.2. The minimum atomic E-state index is -0.266. The van der Waals surface area contributed by atoms with Crippen LogP contribution in [0, 0.1) is 0 Å². The van der Waals surface area contributed by atoms with E-state index in [9.17, 15) is 0 Å². The Morgan fingerprint density at radius 3 is 1.02 bits per heavy atom. The Morgan fingerprint density at radius 2 is 0.593 bits per heavy atom. The van der Waals surface area contributed by atoms with E-state index in [1.54, 1.807) is 0 Å². The number of para-hydroxylation sites is 4. The minimum absolute atomic E-state index is 0.266. The van der Waals surface area contributed by atoms with Crippen LogP contribution in [-0.4, -0.2) is 9.13 Å². The van der Waals surface area contributed by atoms with Gasteiger partial charge in [0.25, 0.3) is 0 Å². The van der Waals surface area contributed by atoms with Crippen LogP contribution in [0.4, 0.5) is 0 Å². The van der Waals surface area contributed by atoms with E-state index in [2.05, 4.69) is 349 Å². The lowest BCUT2D eigenvalue weighted by atomic mass is 9.72. The van der Waals surface area contributed by atoms with Crippen molar-refractivity contribution in [1.29, 1.82) is 0 Å². The summed E-state index contributed by atoms with van der Waals surface area (Å²) in [6, 6.07) is 117. The number of fused-ring (bicyclic) bond motifs is 14. The Morgan fingerprint density at radius 1 is 0.253 bits per heavy atom. The zero-order chi connectivity index (χ0) is 60.0. The second-order valence-electron chi connectivity index (χ2n) is 24.8. The lowest BCUT2D eigenvalue weighted by Gasteiger charge is -2.29. The van der Waals surface area contributed by atoms with Gasteiger partial charge in [0.1, 0.15) is 0 Å². The van der Waals surface area contributed by atoms with Gasteiger partial charge in [-0.05, 0) is 203 Å². The summed E-state index contributed by atoms with van der Waals surface area (Å²) in [6.07, 6.45) is 11.0. The summed E-state index contributed by atoms with van der Waals surface area (Å²) >= 11 is 0. The van der Waals surface area contributed by atoms with Crippen LogP contribution in [-0.2, 0) is 11.8 Å². The van der Waals surface area contributed by atoms with E-state index in [1.807, 2.05) is 0 Å². The van der Waals surface area contributed by atoms with Gasteiger partial charge in [0.05, 0.1) is 22.1 Å². The largest absolute Gasteiger partial charge is 0.309 e. The molecule has 16 aromatic rings. The zero-order valence-electron chi connectivity index (χ0n) is 50.1. The predicted molar refractivity (Wildman–Crippen MR) is 385 cm³/mol. The molecular weight excluding hydrogens is 1100 g/mol. The molecule has 91 heavy (non-hydrogen) atoms. The predicted octanol–water partition coefficient (Wildman–Crippen LogP) is 23.3. The van der Waals surface area contributed by atoms with E-state index in [1.165, 1.54) is 166 Å². The van der Waals surface area contributed by atoms with E-state index in [0.717, 1.165) is 12.8 Å². The summed E-state index contributed by atoms with van der Waals surface area (Å²) in [7, 11) is 0. The van der Waals surface area contributed by atoms with Crippen LogP contribution in [0.2, 0.25) is 0 Å². The minimum Gasteiger partial charge on any atom is -0.309 e. The van der Waals surface area contributed by atoms with Crippen LogP contribution < -0.4 is 0 Å². The summed E-state index contributed by atoms with van der Waals surface area (Å²) < 4.78 is 4.74. The Balaban J connectivity index is 0.600. The molecule has 1 spiro atoms. The van der Waals surface area contributed by atoms with Crippen LogP contribution in [0.5, 0.6) is 0 Å². The number of aromatic nitrogens is 2. The number of rotatable bonds is 10. The monoisotopic (exact) mass is 1160 g/mol. The zero-order valence-corrected chi connectivity index (χ0v) is 50.1. The molecule has 0 aliphatic heterocycles. The Labute approximate surface area is 529 Å². The first-order chi connectivity index (χ1) is 45.0. The molecule has 0 amide bonds. The lowest BCUT2D eigenvalue weighted by Crippen LogP contribution is -2.23. The molecule has 0 fully saturated rings. The third kappa shape index (κ3) is 8.85. The fraction of sp³-hybridized carbons (Fsp3) is 0.0337. The van der Waals surface area contributed by atoms with Crippen molar-refractivity contribution in [3.63, 3.8) is 0 Å². The van der Waals surface area contributed by atoms with E-state index in [0.29, 0.717) is 0 Å². The Hall–Kier alpha value is -11.6. The first-order valence-corrected chi connectivity index (χ1v) is 31.8. The molecule has 0 N–H and O–H groups in total. The molecule has 2 nitrogen and oxygen atoms in total. The maximum absolute atomic E-state index is 2.52. The van der Waals surface area contributed by atoms with Gasteiger partial charge in [-0.2, -0.15) is 0 Å². The van der Waals surface area contributed by atoms with Crippen LogP contribution in [0.25, 0.3) is 146 Å². The van der Waals surface area contributed by atoms with Crippen molar-refractivity contribution in [1.82, 2.24) is 9.13 Å². The number of hydrogen-bond donors (Lipinski definition) is 0. The van der Waals surface area contributed by atoms with Crippen molar-refractivity contribution in [2.45, 2.75) is 18.3 Å². The number of benzene rings is 14. The highest BCUT2D eigenvalue weighted by atomic mass is 15.0. The van der Waals surface area contributed by atoms with E-state index in [-0.39, 0.29) is 5.41 Å². The second kappa shape index (κ2) is 21.3. The van der Waals surface area contributed by atoms with E-state index >= 15 is 0 Å². The van der Waals surface area contributed by atoms with Gasteiger partial charge in [-0.3, -0.25) is 0 Å². The van der Waals surface area contributed by atoms with Gasteiger partial charge in [0.2, 0.25) is 0 Å². The molecule has 2 heteroatoms. The smallest absolute Gasteiger partial charge is 0.0541 e. The van der Waals surface area contributed by atoms with Crippen molar-refractivity contribution < 1.29 is 0 Å². The van der Waals surface area contributed by atoms with Gasteiger partial charge in [-0.1, -0.05) is 261 Å². The summed E-state index contributed by atoms with van der Waals surface area (Å²) in [5.74, 6) is 0. The van der Waals surface area contributed by atoms with Gasteiger partial charge in [-0.15, -0.1) is 0 Å². The normalized spacial score (nSPS) is 14.2. The molecule has 0 saturated heterocycles. The molecule has 0 saturated carbocycles. The maximum Gasteiger partial charge on any atom is 0.0541 e. The standard InChI is InChI=1S/C89H60N2/c1-3-15-74(16-4-1)90-85-21-11-9-19-78(85)80-54-69(45-49-87(80)90)63-35-27-59(28-36-63)23-25-61-31-39-65(40-32-61)71-43-47-76-77-48-44-72(58-84(77)89(83(76)57-71)52-51-73-53-67-13-7-8-14-68(67)56-82(73)89)66-41-33-62(34-42-66)26-24-60-29-37-64(38-30-60)70-46-50-88-81(55-70)79-20-10-12-22-86(79)91(88)75-17-5-2-6-18-75/h1-50,53-58H,51-52H2. The van der Waals surface area contributed by atoms with Crippen molar-refractivity contribution in [2.24, 2.45) is 0 Å². The molecule has 18 rings (SSSR count). The van der Waals surface area contributed by atoms with Crippen LogP contribution in [0.3, 0.4) is 0 Å². The molecule has 0 radical (unpaired) electrons. The molecule has 2 aromatic heterocycles. The third-order valence-corrected chi connectivity index (χ3v) is 19.7. The second-order valence-corrected chi connectivity index (χ2v) is 24.8. The van der Waals surface area contributed by atoms with Crippen LogP contribution >= 0.6 is 0 Å². The Bertz CT molecular complexity index is 5280. The molecule has 0 unspecified atom stereocenters. The number of hydrogen-bond acceptors (Lipinski definition) is 0. The quantitative estimate of drug-likeness (QED) is 0.121. The Kier molecular flexibility index (Phi) is 12.3. The SMILES string of the molecule is C(=Cc1ccc(-c2ccc3c(c2)c2ccccc2n3-c2ccccc2)cc1)c1ccc(-c2ccc3c(c2)C2(CCc4cc5ccccc5cc42)c2cc(-c4ccc(C=Cc5ccc(-c6ccc7c(c6)c6ccccc6n7-c6ccccc6)cc5)cc4)ccc2-3)cc1. The molecule has 426 valence electrons. The molecule has 14 aromatic carbocycles. The first kappa shape index (κ1) is 52.5. The lowest BCUT2D eigenvalue weighted by molar-refractivity contribution is 0.627. The topological polar surface area (TPSA) is 9.86 Å². The summed E-state index contributed by atoms with van der Waals surface area (Å²) in [5, 5.41) is 7.66. The van der Waals surface area contributed by atoms with E-state index in [4.69, 9.17) is 0 Å². The van der Waals surface area contributed by atoms with Crippen molar-refractivity contribution >= 4 is 78.7 Å². The summed E-state index contributed by atoms with van der Waals surface area (Å²) in [6.45, 7) is 0. The fourth-order valence-corrected chi connectivity index (χ4v) is 15.2. The first-order valence-electron chi connectivity index (χ1n) is 31.8. The highest BCUT2D eigenvalue weighted by Gasteiger charge is 2.49.